The molecule has 0 aliphatic rings. The number of nitrogens with one attached hydrogen (secondary N) is 1. The van der Waals surface area contributed by atoms with Crippen LogP contribution in [0.2, 0.25) is 0 Å². The summed E-state index contributed by atoms with van der Waals surface area (Å²) in [5.41, 5.74) is 2.71. The number of aliphatic hydroxyl groups is 1. The number of rotatable bonds is 5. The Bertz CT molecular complexity index is 752. The fourth-order valence-corrected chi connectivity index (χ4v) is 2.35. The molecule has 5 nitrogen and oxygen atoms in total. The Kier molecular flexibility index (Phi) is 4.06. The zero-order chi connectivity index (χ0) is 15.5. The molecule has 0 radical (unpaired) electrons. The lowest BCUT2D eigenvalue weighted by molar-refractivity contribution is 0.191. The number of fused-ring (bicyclic) bond motifs is 1. The summed E-state index contributed by atoms with van der Waals surface area (Å²) in [6.45, 7) is 4.64. The van der Waals surface area contributed by atoms with Gasteiger partial charge in [-0.1, -0.05) is 44.2 Å². The lowest BCUT2D eigenvalue weighted by atomic mass is 10.1. The predicted molar refractivity (Wildman–Crippen MR) is 87.0 cm³/mol. The summed E-state index contributed by atoms with van der Waals surface area (Å²) in [6.07, 6.45) is 1.16. The van der Waals surface area contributed by atoms with E-state index in [-0.39, 0.29) is 0 Å². The van der Waals surface area contributed by atoms with Gasteiger partial charge in [0.15, 0.2) is 5.65 Å². The molecular weight excluding hydrogens is 276 g/mol. The van der Waals surface area contributed by atoms with Crippen LogP contribution in [-0.4, -0.2) is 26.2 Å². The second kappa shape index (κ2) is 6.15. The molecule has 1 aromatic carbocycles. The first-order valence-electron chi connectivity index (χ1n) is 7.46. The van der Waals surface area contributed by atoms with Gasteiger partial charge in [0.25, 0.3) is 0 Å². The van der Waals surface area contributed by atoms with Crippen molar-refractivity contribution in [2.45, 2.75) is 25.9 Å². The second-order valence-corrected chi connectivity index (χ2v) is 5.63. The van der Waals surface area contributed by atoms with Gasteiger partial charge in [-0.15, -0.1) is 0 Å². The highest BCUT2D eigenvalue weighted by molar-refractivity contribution is 5.49. The lowest BCUT2D eigenvalue weighted by Crippen LogP contribution is -2.15. The molecule has 0 saturated carbocycles. The summed E-state index contributed by atoms with van der Waals surface area (Å²) in [6, 6.07) is 13.5. The maximum absolute atomic E-state index is 10.3. The van der Waals surface area contributed by atoms with E-state index in [2.05, 4.69) is 29.2 Å². The van der Waals surface area contributed by atoms with Crippen molar-refractivity contribution in [3.8, 4) is 0 Å². The first-order chi connectivity index (χ1) is 10.6. The Hall–Kier alpha value is -2.40. The number of hydrogen-bond donors (Lipinski definition) is 2. The van der Waals surface area contributed by atoms with E-state index in [4.69, 9.17) is 0 Å². The number of aliphatic hydroxyl groups excluding tert-OH is 1. The number of benzene rings is 1. The molecule has 3 rings (SSSR count). The zero-order valence-corrected chi connectivity index (χ0v) is 12.8. The summed E-state index contributed by atoms with van der Waals surface area (Å²) in [5.74, 6) is 1.17. The Morgan fingerprint density at radius 2 is 1.95 bits per heavy atom. The monoisotopic (exact) mass is 296 g/mol. The summed E-state index contributed by atoms with van der Waals surface area (Å²) in [4.78, 5) is 4.58. The van der Waals surface area contributed by atoms with Crippen LogP contribution in [0, 0.1) is 0 Å². The molecule has 2 aromatic heterocycles. The minimum absolute atomic E-state index is 0.333. The van der Waals surface area contributed by atoms with Crippen LogP contribution >= 0.6 is 0 Å². The largest absolute Gasteiger partial charge is 0.387 e. The maximum atomic E-state index is 10.3. The van der Waals surface area contributed by atoms with Crippen LogP contribution in [0.15, 0.2) is 48.7 Å². The second-order valence-electron chi connectivity index (χ2n) is 5.63. The van der Waals surface area contributed by atoms with Gasteiger partial charge in [0.05, 0.1) is 12.3 Å². The van der Waals surface area contributed by atoms with Crippen molar-refractivity contribution in [1.29, 1.82) is 0 Å². The van der Waals surface area contributed by atoms with Crippen molar-refractivity contribution in [1.82, 2.24) is 14.6 Å². The fraction of sp³-hybridized carbons (Fsp3) is 0.294. The molecule has 2 heterocycles. The van der Waals surface area contributed by atoms with E-state index in [1.54, 1.807) is 10.7 Å². The van der Waals surface area contributed by atoms with Crippen LogP contribution in [0.25, 0.3) is 5.65 Å². The third kappa shape index (κ3) is 2.94. The van der Waals surface area contributed by atoms with Gasteiger partial charge in [-0.3, -0.25) is 0 Å². The van der Waals surface area contributed by atoms with Gasteiger partial charge in [0.2, 0.25) is 0 Å². The van der Waals surface area contributed by atoms with E-state index in [1.165, 1.54) is 0 Å². The third-order valence-electron chi connectivity index (χ3n) is 3.63. The molecule has 22 heavy (non-hydrogen) atoms. The minimum atomic E-state index is -0.567. The summed E-state index contributed by atoms with van der Waals surface area (Å²) < 4.78 is 1.75. The standard InChI is InChI=1S/C17H20N4O/c1-12(2)14-10-17(21-16(20-14)8-9-19-21)18-11-15(22)13-6-4-3-5-7-13/h3-10,12,15,18,22H,11H2,1-2H3. The zero-order valence-electron chi connectivity index (χ0n) is 12.8. The van der Waals surface area contributed by atoms with Crippen LogP contribution in [0.4, 0.5) is 5.82 Å². The van der Waals surface area contributed by atoms with E-state index in [9.17, 15) is 5.11 Å². The van der Waals surface area contributed by atoms with E-state index in [0.29, 0.717) is 12.5 Å². The normalized spacial score (nSPS) is 12.7. The topological polar surface area (TPSA) is 62.5 Å². The summed E-state index contributed by atoms with van der Waals surface area (Å²) in [5, 5.41) is 17.8. The third-order valence-corrected chi connectivity index (χ3v) is 3.63. The highest BCUT2D eigenvalue weighted by atomic mass is 16.3. The Balaban J connectivity index is 1.82. The Morgan fingerprint density at radius 3 is 2.68 bits per heavy atom. The first-order valence-corrected chi connectivity index (χ1v) is 7.46. The minimum Gasteiger partial charge on any atom is -0.387 e. The molecule has 0 spiro atoms. The molecule has 3 aromatic rings. The van der Waals surface area contributed by atoms with Crippen molar-refractivity contribution in [3.05, 3.63) is 59.9 Å². The first kappa shape index (κ1) is 14.5. The average Bonchev–Trinajstić information content (AvgIpc) is 3.01. The molecule has 1 unspecified atom stereocenters. The molecule has 0 fully saturated rings. The lowest BCUT2D eigenvalue weighted by Gasteiger charge is -2.15. The van der Waals surface area contributed by atoms with Gasteiger partial charge >= 0.3 is 0 Å². The molecule has 1 atom stereocenters. The van der Waals surface area contributed by atoms with Crippen LogP contribution < -0.4 is 5.32 Å². The van der Waals surface area contributed by atoms with E-state index in [0.717, 1.165) is 22.7 Å². The molecular formula is C17H20N4O. The van der Waals surface area contributed by atoms with Crippen molar-refractivity contribution in [3.63, 3.8) is 0 Å². The molecule has 0 saturated heterocycles. The van der Waals surface area contributed by atoms with E-state index < -0.39 is 6.10 Å². The van der Waals surface area contributed by atoms with Gasteiger partial charge in [-0.25, -0.2) is 4.98 Å². The smallest absolute Gasteiger partial charge is 0.157 e. The van der Waals surface area contributed by atoms with Crippen molar-refractivity contribution >= 4 is 11.5 Å². The Morgan fingerprint density at radius 1 is 1.18 bits per heavy atom. The van der Waals surface area contributed by atoms with Crippen LogP contribution in [-0.2, 0) is 0 Å². The molecule has 0 aliphatic carbocycles. The number of hydrogen-bond acceptors (Lipinski definition) is 4. The molecule has 114 valence electrons. The number of nitrogens with zero attached hydrogens (tertiary/aromatic N) is 3. The van der Waals surface area contributed by atoms with Gasteiger partial charge in [-0.2, -0.15) is 9.61 Å². The quantitative estimate of drug-likeness (QED) is 0.760. The maximum Gasteiger partial charge on any atom is 0.157 e. The van der Waals surface area contributed by atoms with Crippen LogP contribution in [0.3, 0.4) is 0 Å². The highest BCUT2D eigenvalue weighted by Gasteiger charge is 2.11. The molecule has 0 bridgehead atoms. The number of anilines is 1. The molecule has 5 heteroatoms. The Labute approximate surface area is 129 Å². The molecule has 2 N–H and O–H groups in total. The number of aromatic nitrogens is 3. The average molecular weight is 296 g/mol. The van der Waals surface area contributed by atoms with Gasteiger partial charge in [0.1, 0.15) is 5.82 Å². The molecule has 0 amide bonds. The predicted octanol–water partition coefficient (Wildman–Crippen LogP) is 3.00. The van der Waals surface area contributed by atoms with Crippen molar-refractivity contribution in [2.75, 3.05) is 11.9 Å². The van der Waals surface area contributed by atoms with Crippen molar-refractivity contribution < 1.29 is 5.11 Å². The van der Waals surface area contributed by atoms with Gasteiger partial charge in [0, 0.05) is 24.4 Å². The van der Waals surface area contributed by atoms with Crippen molar-refractivity contribution in [2.24, 2.45) is 0 Å². The van der Waals surface area contributed by atoms with Gasteiger partial charge < -0.3 is 10.4 Å². The SMILES string of the molecule is CC(C)c1cc(NCC(O)c2ccccc2)n2nccc2n1. The summed E-state index contributed by atoms with van der Waals surface area (Å²) in [7, 11) is 0. The summed E-state index contributed by atoms with van der Waals surface area (Å²) >= 11 is 0. The van der Waals surface area contributed by atoms with E-state index in [1.807, 2.05) is 42.5 Å². The van der Waals surface area contributed by atoms with E-state index >= 15 is 0 Å². The van der Waals surface area contributed by atoms with Crippen LogP contribution in [0.5, 0.6) is 0 Å². The molecule has 0 aliphatic heterocycles. The van der Waals surface area contributed by atoms with Gasteiger partial charge in [-0.05, 0) is 11.5 Å². The highest BCUT2D eigenvalue weighted by Crippen LogP contribution is 2.20. The van der Waals surface area contributed by atoms with Crippen LogP contribution in [0.1, 0.15) is 37.1 Å². The fourth-order valence-electron chi connectivity index (χ4n) is 2.35.